The SMILES string of the molecule is Cc1ccc(NC(=S)NN2CCCCC2)cc1. The first-order valence-electron chi connectivity index (χ1n) is 6.13. The third-order valence-corrected chi connectivity index (χ3v) is 3.12. The molecule has 1 aliphatic rings. The first kappa shape index (κ1) is 12.3. The van der Waals surface area contributed by atoms with Crippen molar-refractivity contribution in [2.75, 3.05) is 18.4 Å². The van der Waals surface area contributed by atoms with Gasteiger partial charge in [0.2, 0.25) is 0 Å². The van der Waals surface area contributed by atoms with Gasteiger partial charge in [-0.25, -0.2) is 5.01 Å². The lowest BCUT2D eigenvalue weighted by atomic mass is 10.2. The van der Waals surface area contributed by atoms with Crippen LogP contribution >= 0.6 is 12.2 Å². The zero-order valence-electron chi connectivity index (χ0n) is 10.2. The van der Waals surface area contributed by atoms with Crippen molar-refractivity contribution >= 4 is 23.0 Å². The molecular formula is C13H19N3S. The van der Waals surface area contributed by atoms with E-state index in [1.807, 2.05) is 12.1 Å². The Hall–Kier alpha value is -1.13. The standard InChI is InChI=1S/C13H19N3S/c1-11-5-7-12(8-6-11)14-13(17)15-16-9-3-2-4-10-16/h5-8H,2-4,9-10H2,1H3,(H2,14,15,17). The number of aryl methyl sites for hydroxylation is 1. The summed E-state index contributed by atoms with van der Waals surface area (Å²) < 4.78 is 0. The van der Waals surface area contributed by atoms with E-state index in [0.29, 0.717) is 5.11 Å². The predicted molar refractivity (Wildman–Crippen MR) is 76.0 cm³/mol. The molecule has 1 aromatic carbocycles. The van der Waals surface area contributed by atoms with Crippen LogP contribution in [0.25, 0.3) is 0 Å². The Morgan fingerprint density at radius 2 is 1.76 bits per heavy atom. The van der Waals surface area contributed by atoms with Crippen molar-refractivity contribution in [2.24, 2.45) is 0 Å². The van der Waals surface area contributed by atoms with Gasteiger partial charge in [0.25, 0.3) is 0 Å². The molecule has 0 unspecified atom stereocenters. The minimum absolute atomic E-state index is 0.677. The third kappa shape index (κ3) is 3.98. The van der Waals surface area contributed by atoms with Crippen LogP contribution in [0.15, 0.2) is 24.3 Å². The summed E-state index contributed by atoms with van der Waals surface area (Å²) in [4.78, 5) is 0. The van der Waals surface area contributed by atoms with E-state index in [-0.39, 0.29) is 0 Å². The lowest BCUT2D eigenvalue weighted by Gasteiger charge is -2.28. The van der Waals surface area contributed by atoms with Crippen LogP contribution in [-0.4, -0.2) is 23.2 Å². The highest BCUT2D eigenvalue weighted by molar-refractivity contribution is 7.80. The van der Waals surface area contributed by atoms with Gasteiger partial charge in [-0.2, -0.15) is 0 Å². The number of thiocarbonyl (C=S) groups is 1. The summed E-state index contributed by atoms with van der Waals surface area (Å²) in [5, 5.41) is 6.06. The minimum atomic E-state index is 0.677. The van der Waals surface area contributed by atoms with Gasteiger partial charge in [-0.1, -0.05) is 24.1 Å². The summed E-state index contributed by atoms with van der Waals surface area (Å²) >= 11 is 5.29. The van der Waals surface area contributed by atoms with Gasteiger partial charge in [0.15, 0.2) is 5.11 Å². The molecule has 0 amide bonds. The second kappa shape index (κ2) is 5.98. The van der Waals surface area contributed by atoms with Crippen LogP contribution in [0.4, 0.5) is 5.69 Å². The quantitative estimate of drug-likeness (QED) is 0.788. The summed E-state index contributed by atoms with van der Waals surface area (Å²) in [5.41, 5.74) is 5.52. The molecular weight excluding hydrogens is 230 g/mol. The molecule has 0 aliphatic carbocycles. The van der Waals surface area contributed by atoms with Crippen LogP contribution in [0, 0.1) is 6.92 Å². The highest BCUT2D eigenvalue weighted by Gasteiger charge is 2.10. The second-order valence-corrected chi connectivity index (χ2v) is 4.89. The molecule has 1 saturated heterocycles. The molecule has 0 radical (unpaired) electrons. The maximum absolute atomic E-state index is 5.29. The molecule has 0 atom stereocenters. The minimum Gasteiger partial charge on any atom is -0.332 e. The summed E-state index contributed by atoms with van der Waals surface area (Å²) in [7, 11) is 0. The zero-order valence-corrected chi connectivity index (χ0v) is 11.0. The fourth-order valence-electron chi connectivity index (χ4n) is 1.95. The van der Waals surface area contributed by atoms with E-state index in [4.69, 9.17) is 12.2 Å². The van der Waals surface area contributed by atoms with Gasteiger partial charge in [-0.15, -0.1) is 0 Å². The number of nitrogens with zero attached hydrogens (tertiary/aromatic N) is 1. The topological polar surface area (TPSA) is 27.3 Å². The number of hydrogen-bond donors (Lipinski definition) is 2. The number of anilines is 1. The van der Waals surface area contributed by atoms with E-state index in [9.17, 15) is 0 Å². The van der Waals surface area contributed by atoms with Gasteiger partial charge in [0, 0.05) is 18.8 Å². The summed E-state index contributed by atoms with van der Waals surface area (Å²) in [6.45, 7) is 4.24. The van der Waals surface area contributed by atoms with E-state index in [0.717, 1.165) is 18.8 Å². The molecule has 17 heavy (non-hydrogen) atoms. The van der Waals surface area contributed by atoms with Gasteiger partial charge in [0.1, 0.15) is 0 Å². The van der Waals surface area contributed by atoms with Crippen molar-refractivity contribution in [3.8, 4) is 0 Å². The van der Waals surface area contributed by atoms with Crippen LogP contribution in [0.3, 0.4) is 0 Å². The fourth-order valence-corrected chi connectivity index (χ4v) is 2.19. The lowest BCUT2D eigenvalue weighted by molar-refractivity contribution is 0.196. The number of benzene rings is 1. The average Bonchev–Trinajstić information content (AvgIpc) is 2.33. The van der Waals surface area contributed by atoms with Gasteiger partial charge in [-0.05, 0) is 44.1 Å². The maximum Gasteiger partial charge on any atom is 0.185 e. The Labute approximate surface area is 108 Å². The maximum atomic E-state index is 5.29. The summed E-state index contributed by atoms with van der Waals surface area (Å²) in [6.07, 6.45) is 3.83. The van der Waals surface area contributed by atoms with Crippen molar-refractivity contribution in [1.82, 2.24) is 10.4 Å². The number of nitrogens with one attached hydrogen (secondary N) is 2. The monoisotopic (exact) mass is 249 g/mol. The van der Waals surface area contributed by atoms with Gasteiger partial charge < -0.3 is 5.32 Å². The van der Waals surface area contributed by atoms with Crippen molar-refractivity contribution in [3.63, 3.8) is 0 Å². The van der Waals surface area contributed by atoms with E-state index in [1.165, 1.54) is 24.8 Å². The molecule has 0 bridgehead atoms. The van der Waals surface area contributed by atoms with E-state index in [1.54, 1.807) is 0 Å². The Balaban J connectivity index is 1.82. The number of piperidine rings is 1. The zero-order chi connectivity index (χ0) is 12.1. The molecule has 92 valence electrons. The van der Waals surface area contributed by atoms with Gasteiger partial charge >= 0.3 is 0 Å². The van der Waals surface area contributed by atoms with Crippen LogP contribution in [0.2, 0.25) is 0 Å². The predicted octanol–water partition coefficient (Wildman–Crippen LogP) is 2.68. The van der Waals surface area contributed by atoms with Gasteiger partial charge in [-0.3, -0.25) is 5.43 Å². The molecule has 1 aromatic rings. The number of hydrazine groups is 1. The molecule has 1 heterocycles. The molecule has 3 nitrogen and oxygen atoms in total. The third-order valence-electron chi connectivity index (χ3n) is 2.93. The second-order valence-electron chi connectivity index (χ2n) is 4.48. The smallest absolute Gasteiger partial charge is 0.185 e. The van der Waals surface area contributed by atoms with Crippen molar-refractivity contribution < 1.29 is 0 Å². The molecule has 1 aliphatic heterocycles. The summed E-state index contributed by atoms with van der Waals surface area (Å²) in [5.74, 6) is 0. The molecule has 4 heteroatoms. The van der Waals surface area contributed by atoms with E-state index in [2.05, 4.69) is 34.8 Å². The average molecular weight is 249 g/mol. The van der Waals surface area contributed by atoms with Crippen molar-refractivity contribution in [2.45, 2.75) is 26.2 Å². The Bertz CT molecular complexity index is 369. The first-order valence-corrected chi connectivity index (χ1v) is 6.54. The van der Waals surface area contributed by atoms with E-state index < -0.39 is 0 Å². The Morgan fingerprint density at radius 1 is 1.12 bits per heavy atom. The normalized spacial score (nSPS) is 16.5. The van der Waals surface area contributed by atoms with Crippen LogP contribution < -0.4 is 10.7 Å². The van der Waals surface area contributed by atoms with Gasteiger partial charge in [0.05, 0.1) is 0 Å². The highest BCUT2D eigenvalue weighted by Crippen LogP contribution is 2.09. The molecule has 0 saturated carbocycles. The molecule has 2 N–H and O–H groups in total. The highest BCUT2D eigenvalue weighted by atomic mass is 32.1. The number of hydrogen-bond acceptors (Lipinski definition) is 2. The summed E-state index contributed by atoms with van der Waals surface area (Å²) in [6, 6.07) is 8.23. The van der Waals surface area contributed by atoms with Crippen LogP contribution in [0.5, 0.6) is 0 Å². The first-order chi connectivity index (χ1) is 8.24. The van der Waals surface area contributed by atoms with Crippen molar-refractivity contribution in [3.05, 3.63) is 29.8 Å². The Kier molecular flexibility index (Phi) is 4.34. The van der Waals surface area contributed by atoms with Crippen LogP contribution in [-0.2, 0) is 0 Å². The molecule has 0 aromatic heterocycles. The largest absolute Gasteiger partial charge is 0.332 e. The molecule has 2 rings (SSSR count). The van der Waals surface area contributed by atoms with E-state index >= 15 is 0 Å². The number of rotatable bonds is 2. The van der Waals surface area contributed by atoms with Crippen molar-refractivity contribution in [1.29, 1.82) is 0 Å². The van der Waals surface area contributed by atoms with Crippen LogP contribution in [0.1, 0.15) is 24.8 Å². The Morgan fingerprint density at radius 3 is 2.41 bits per heavy atom. The lowest BCUT2D eigenvalue weighted by Crippen LogP contribution is -2.46. The molecule has 1 fully saturated rings. The fraction of sp³-hybridized carbons (Fsp3) is 0.462. The molecule has 0 spiro atoms.